The smallest absolute Gasteiger partial charge is 0.331 e. The molecule has 10 heteroatoms. The Morgan fingerprint density at radius 1 is 1.20 bits per heavy atom. The number of esters is 1. The van der Waals surface area contributed by atoms with E-state index < -0.39 is 23.4 Å². The van der Waals surface area contributed by atoms with Crippen LogP contribution < -0.4 is 14.8 Å². The van der Waals surface area contributed by atoms with E-state index in [2.05, 4.69) is 21.2 Å². The van der Waals surface area contributed by atoms with Gasteiger partial charge in [0.15, 0.2) is 18.1 Å². The fourth-order valence-corrected chi connectivity index (χ4v) is 2.78. The fourth-order valence-electron chi connectivity index (χ4n) is 2.32. The lowest BCUT2D eigenvalue weighted by Gasteiger charge is -2.09. The van der Waals surface area contributed by atoms with E-state index in [1.54, 1.807) is 18.2 Å². The zero-order valence-electron chi connectivity index (χ0n) is 16.2. The third-order valence-corrected chi connectivity index (χ3v) is 4.34. The highest BCUT2D eigenvalue weighted by molar-refractivity contribution is 9.10. The quantitative estimate of drug-likeness (QED) is 0.250. The van der Waals surface area contributed by atoms with E-state index in [1.807, 2.05) is 6.92 Å². The van der Waals surface area contributed by atoms with Crippen molar-refractivity contribution < 1.29 is 28.7 Å². The zero-order chi connectivity index (χ0) is 22.1. The van der Waals surface area contributed by atoms with E-state index in [0.29, 0.717) is 33.8 Å². The predicted octanol–water partition coefficient (Wildman–Crippen LogP) is 3.96. The molecule has 0 heterocycles. The second kappa shape index (κ2) is 11.0. The highest BCUT2D eigenvalue weighted by atomic mass is 79.9. The Bertz CT molecular complexity index is 976. The van der Waals surface area contributed by atoms with Crippen LogP contribution in [0, 0.1) is 10.1 Å². The molecule has 0 atom stereocenters. The maximum atomic E-state index is 11.9. The molecule has 0 aromatic heterocycles. The van der Waals surface area contributed by atoms with Gasteiger partial charge in [0.2, 0.25) is 0 Å². The molecule has 0 bridgehead atoms. The van der Waals surface area contributed by atoms with Crippen molar-refractivity contribution in [2.75, 3.05) is 25.6 Å². The summed E-state index contributed by atoms with van der Waals surface area (Å²) < 4.78 is 15.9. The topological polar surface area (TPSA) is 117 Å². The number of anilines is 1. The van der Waals surface area contributed by atoms with Gasteiger partial charge in [0.1, 0.15) is 0 Å². The highest BCUT2D eigenvalue weighted by Gasteiger charge is 2.12. The number of carbonyl (C=O) groups excluding carboxylic acids is 2. The monoisotopic (exact) mass is 478 g/mol. The first-order valence-corrected chi connectivity index (χ1v) is 9.52. The summed E-state index contributed by atoms with van der Waals surface area (Å²) in [6.45, 7) is 1.84. The number of rotatable bonds is 9. The Morgan fingerprint density at radius 2 is 1.97 bits per heavy atom. The maximum Gasteiger partial charge on any atom is 0.331 e. The number of hydrogen-bond acceptors (Lipinski definition) is 7. The number of hydrogen-bond donors (Lipinski definition) is 1. The van der Waals surface area contributed by atoms with Crippen LogP contribution in [0.25, 0.3) is 6.08 Å². The Labute approximate surface area is 180 Å². The molecule has 0 fully saturated rings. The molecule has 0 saturated carbocycles. The summed E-state index contributed by atoms with van der Waals surface area (Å²) in [7, 11) is 1.52. The Morgan fingerprint density at radius 3 is 2.60 bits per heavy atom. The highest BCUT2D eigenvalue weighted by Crippen LogP contribution is 2.29. The van der Waals surface area contributed by atoms with Crippen molar-refractivity contribution in [1.82, 2.24) is 0 Å². The number of benzene rings is 2. The number of nitro benzene ring substituents is 1. The predicted molar refractivity (Wildman–Crippen MR) is 114 cm³/mol. The SMILES string of the molecule is CCOc1ccc(/C=C/C(=O)OCC(=O)Nc2ccc([N+](=O)[O-])cc2Br)cc1OC. The van der Waals surface area contributed by atoms with E-state index in [0.717, 1.165) is 0 Å². The van der Waals surface area contributed by atoms with Crippen LogP contribution in [0.1, 0.15) is 12.5 Å². The lowest BCUT2D eigenvalue weighted by atomic mass is 10.2. The molecule has 0 aliphatic rings. The average molecular weight is 479 g/mol. The summed E-state index contributed by atoms with van der Waals surface area (Å²) in [5.74, 6) is -0.177. The summed E-state index contributed by atoms with van der Waals surface area (Å²) in [6, 6.07) is 9.06. The van der Waals surface area contributed by atoms with Crippen LogP contribution in [0.5, 0.6) is 11.5 Å². The molecule has 0 aliphatic heterocycles. The van der Waals surface area contributed by atoms with Gasteiger partial charge in [-0.25, -0.2) is 4.79 Å². The van der Waals surface area contributed by atoms with Crippen molar-refractivity contribution in [3.63, 3.8) is 0 Å². The van der Waals surface area contributed by atoms with Gasteiger partial charge in [-0.05, 0) is 52.7 Å². The first-order valence-electron chi connectivity index (χ1n) is 8.73. The molecule has 2 aromatic carbocycles. The molecule has 0 aliphatic carbocycles. The van der Waals surface area contributed by atoms with Crippen molar-refractivity contribution in [2.24, 2.45) is 0 Å². The summed E-state index contributed by atoms with van der Waals surface area (Å²) in [5, 5.41) is 13.2. The molecule has 2 rings (SSSR count). The van der Waals surface area contributed by atoms with Gasteiger partial charge in [-0.3, -0.25) is 14.9 Å². The first-order chi connectivity index (χ1) is 14.3. The largest absolute Gasteiger partial charge is 0.493 e. The number of nitrogens with zero attached hydrogens (tertiary/aromatic N) is 1. The van der Waals surface area contributed by atoms with Crippen molar-refractivity contribution in [3.05, 3.63) is 62.6 Å². The first kappa shape index (κ1) is 22.9. The second-order valence-corrected chi connectivity index (χ2v) is 6.61. The lowest BCUT2D eigenvalue weighted by Crippen LogP contribution is -2.20. The van der Waals surface area contributed by atoms with E-state index in [1.165, 1.54) is 37.5 Å². The lowest BCUT2D eigenvalue weighted by molar-refractivity contribution is -0.384. The number of nitro groups is 1. The van der Waals surface area contributed by atoms with Crippen molar-refractivity contribution in [1.29, 1.82) is 0 Å². The van der Waals surface area contributed by atoms with Crippen LogP contribution in [-0.4, -0.2) is 37.1 Å². The molecule has 0 radical (unpaired) electrons. The molecular formula is C20H19BrN2O7. The molecular weight excluding hydrogens is 460 g/mol. The molecule has 0 spiro atoms. The summed E-state index contributed by atoms with van der Waals surface area (Å²) in [6.07, 6.45) is 2.70. The van der Waals surface area contributed by atoms with Gasteiger partial charge < -0.3 is 19.5 Å². The van der Waals surface area contributed by atoms with Gasteiger partial charge in [-0.15, -0.1) is 0 Å². The van der Waals surface area contributed by atoms with Crippen LogP contribution in [-0.2, 0) is 14.3 Å². The second-order valence-electron chi connectivity index (χ2n) is 5.75. The maximum absolute atomic E-state index is 11.9. The number of amides is 1. The van der Waals surface area contributed by atoms with Crippen molar-refractivity contribution in [3.8, 4) is 11.5 Å². The molecule has 30 heavy (non-hydrogen) atoms. The standard InChI is InChI=1S/C20H19BrN2O7/c1-3-29-17-8-4-13(10-18(17)28-2)5-9-20(25)30-12-19(24)22-16-7-6-14(23(26)27)11-15(16)21/h4-11H,3,12H2,1-2H3,(H,22,24)/b9-5+. The van der Waals surface area contributed by atoms with Crippen LogP contribution in [0.15, 0.2) is 46.9 Å². The van der Waals surface area contributed by atoms with Gasteiger partial charge in [-0.1, -0.05) is 6.07 Å². The minimum atomic E-state index is -0.708. The molecule has 0 saturated heterocycles. The molecule has 9 nitrogen and oxygen atoms in total. The van der Waals surface area contributed by atoms with Gasteiger partial charge >= 0.3 is 5.97 Å². The number of halogens is 1. The van der Waals surface area contributed by atoms with E-state index in [9.17, 15) is 19.7 Å². The van der Waals surface area contributed by atoms with E-state index in [4.69, 9.17) is 14.2 Å². The van der Waals surface area contributed by atoms with Crippen LogP contribution in [0.4, 0.5) is 11.4 Å². The summed E-state index contributed by atoms with van der Waals surface area (Å²) >= 11 is 3.14. The molecule has 158 valence electrons. The van der Waals surface area contributed by atoms with Crippen LogP contribution >= 0.6 is 15.9 Å². The number of methoxy groups -OCH3 is 1. The summed E-state index contributed by atoms with van der Waals surface area (Å²) in [5.41, 5.74) is 0.882. The van der Waals surface area contributed by atoms with Crippen LogP contribution in [0.3, 0.4) is 0 Å². The molecule has 1 amide bonds. The van der Waals surface area contributed by atoms with Gasteiger partial charge in [0.05, 0.1) is 24.3 Å². The normalized spacial score (nSPS) is 10.5. The van der Waals surface area contributed by atoms with Gasteiger partial charge in [0, 0.05) is 22.7 Å². The van der Waals surface area contributed by atoms with Crippen molar-refractivity contribution >= 4 is 45.3 Å². The zero-order valence-corrected chi connectivity index (χ0v) is 17.8. The van der Waals surface area contributed by atoms with E-state index in [-0.39, 0.29) is 5.69 Å². The minimum absolute atomic E-state index is 0.123. The Balaban J connectivity index is 1.89. The van der Waals surface area contributed by atoms with Crippen LogP contribution in [0.2, 0.25) is 0 Å². The number of carbonyl (C=O) groups is 2. The van der Waals surface area contributed by atoms with Crippen molar-refractivity contribution in [2.45, 2.75) is 6.92 Å². The number of ether oxygens (including phenoxy) is 3. The Kier molecular flexibility index (Phi) is 8.36. The molecule has 0 unspecified atom stereocenters. The third-order valence-electron chi connectivity index (χ3n) is 3.68. The minimum Gasteiger partial charge on any atom is -0.493 e. The number of nitrogens with one attached hydrogen (secondary N) is 1. The fraction of sp³-hybridized carbons (Fsp3) is 0.200. The average Bonchev–Trinajstić information content (AvgIpc) is 2.73. The molecule has 2 aromatic rings. The number of non-ortho nitro benzene ring substituents is 1. The Hall–Kier alpha value is -3.40. The molecule has 1 N–H and O–H groups in total. The van der Waals surface area contributed by atoms with E-state index >= 15 is 0 Å². The van der Waals surface area contributed by atoms with Gasteiger partial charge in [0.25, 0.3) is 11.6 Å². The summed E-state index contributed by atoms with van der Waals surface area (Å²) in [4.78, 5) is 34.0. The third kappa shape index (κ3) is 6.59. The van der Waals surface area contributed by atoms with Gasteiger partial charge in [-0.2, -0.15) is 0 Å².